The van der Waals surface area contributed by atoms with Crippen molar-refractivity contribution in [2.24, 2.45) is 10.7 Å². The number of aliphatic hydroxyl groups is 1. The number of hydrogen-bond acceptors (Lipinski definition) is 6. The third kappa shape index (κ3) is 6.98. The van der Waals surface area contributed by atoms with E-state index in [9.17, 15) is 5.11 Å². The number of aliphatic hydroxyl groups excluding tert-OH is 1. The summed E-state index contributed by atoms with van der Waals surface area (Å²) in [6.45, 7) is 5.40. The van der Waals surface area contributed by atoms with Crippen molar-refractivity contribution in [2.45, 2.75) is 32.3 Å². The van der Waals surface area contributed by atoms with E-state index in [0.29, 0.717) is 21.6 Å². The highest BCUT2D eigenvalue weighted by molar-refractivity contribution is 6.42. The van der Waals surface area contributed by atoms with Gasteiger partial charge in [-0.2, -0.15) is 9.98 Å². The van der Waals surface area contributed by atoms with Gasteiger partial charge in [0.2, 0.25) is 5.96 Å². The second kappa shape index (κ2) is 10.8. The van der Waals surface area contributed by atoms with Crippen LogP contribution in [0.2, 0.25) is 10.0 Å². The molecule has 8 nitrogen and oxygen atoms in total. The Morgan fingerprint density at radius 3 is 2.90 bits per heavy atom. The Kier molecular flexibility index (Phi) is 8.09. The number of hydrogen-bond donors (Lipinski definition) is 4. The van der Waals surface area contributed by atoms with Crippen LogP contribution in [0.5, 0.6) is 0 Å². The minimum absolute atomic E-state index is 0.147. The molecular formula is C20H27Cl2N7O. The highest BCUT2D eigenvalue weighted by atomic mass is 35.5. The van der Waals surface area contributed by atoms with E-state index in [1.54, 1.807) is 18.2 Å². The van der Waals surface area contributed by atoms with Gasteiger partial charge in [-0.1, -0.05) is 23.2 Å². The Bertz CT molecular complexity index is 893. The molecule has 162 valence electrons. The first kappa shape index (κ1) is 22.6. The average molecular weight is 452 g/mol. The summed E-state index contributed by atoms with van der Waals surface area (Å²) in [5.41, 5.74) is 7.43. The lowest BCUT2D eigenvalue weighted by Crippen LogP contribution is -2.39. The number of likely N-dealkylation sites (tertiary alicyclic amines) is 1. The van der Waals surface area contributed by atoms with Crippen LogP contribution in [0.4, 0.5) is 17.5 Å². The molecule has 10 heteroatoms. The summed E-state index contributed by atoms with van der Waals surface area (Å²) in [5.74, 6) is 1.11. The SMILES string of the molecule is Cc1cc(NCCCN2CCC[C@@H](O)C2)nc(N=C(N)Nc2ccc(Cl)c(Cl)c2)n1. The van der Waals surface area contributed by atoms with Gasteiger partial charge in [0.1, 0.15) is 5.82 Å². The van der Waals surface area contributed by atoms with Crippen molar-refractivity contribution < 1.29 is 5.11 Å². The van der Waals surface area contributed by atoms with E-state index in [2.05, 4.69) is 30.5 Å². The van der Waals surface area contributed by atoms with Crippen LogP contribution in [-0.2, 0) is 0 Å². The van der Waals surface area contributed by atoms with Crippen LogP contribution >= 0.6 is 23.2 Å². The number of piperidine rings is 1. The van der Waals surface area contributed by atoms with E-state index in [4.69, 9.17) is 28.9 Å². The molecule has 1 aliphatic heterocycles. The summed E-state index contributed by atoms with van der Waals surface area (Å²) in [7, 11) is 0. The number of halogens is 2. The average Bonchev–Trinajstić information content (AvgIpc) is 2.68. The third-order valence-corrected chi connectivity index (χ3v) is 5.43. The molecule has 1 aromatic heterocycles. The van der Waals surface area contributed by atoms with Gasteiger partial charge in [-0.15, -0.1) is 0 Å². The standard InChI is InChI=1S/C20H27Cl2N7O/c1-13-10-18(24-7-3-9-29-8-2-4-15(30)12-29)27-20(25-13)28-19(23)26-14-5-6-16(21)17(22)11-14/h5-6,10-11,15,30H,2-4,7-9,12H2,1H3,(H4,23,24,25,26,27,28)/t15-/m1/s1. The Balaban J connectivity index is 1.54. The van der Waals surface area contributed by atoms with Gasteiger partial charge in [-0.05, 0) is 57.5 Å². The minimum Gasteiger partial charge on any atom is -0.392 e. The number of aliphatic imine (C=N–C) groups is 1. The lowest BCUT2D eigenvalue weighted by atomic mass is 10.1. The summed E-state index contributed by atoms with van der Waals surface area (Å²) in [6.07, 6.45) is 2.72. The molecule has 1 saturated heterocycles. The summed E-state index contributed by atoms with van der Waals surface area (Å²) in [4.78, 5) is 15.3. The molecule has 0 spiro atoms. The fraction of sp³-hybridized carbons (Fsp3) is 0.450. The minimum atomic E-state index is -0.195. The molecule has 2 heterocycles. The van der Waals surface area contributed by atoms with E-state index < -0.39 is 0 Å². The summed E-state index contributed by atoms with van der Waals surface area (Å²) >= 11 is 11.9. The van der Waals surface area contributed by atoms with Gasteiger partial charge in [0.15, 0.2) is 0 Å². The van der Waals surface area contributed by atoms with Crippen LogP contribution in [0.1, 0.15) is 25.0 Å². The number of anilines is 2. The van der Waals surface area contributed by atoms with Crippen LogP contribution in [0.25, 0.3) is 0 Å². The van der Waals surface area contributed by atoms with Gasteiger partial charge in [0, 0.05) is 30.5 Å². The molecule has 0 radical (unpaired) electrons. The van der Waals surface area contributed by atoms with E-state index in [-0.39, 0.29) is 18.0 Å². The number of rotatable bonds is 7. The number of nitrogens with one attached hydrogen (secondary N) is 2. The van der Waals surface area contributed by atoms with Crippen LogP contribution < -0.4 is 16.4 Å². The molecule has 3 rings (SSSR count). The van der Waals surface area contributed by atoms with Gasteiger partial charge in [-0.3, -0.25) is 0 Å². The van der Waals surface area contributed by atoms with Crippen LogP contribution in [0.3, 0.4) is 0 Å². The number of nitrogens with two attached hydrogens (primary N) is 1. The Morgan fingerprint density at radius 2 is 2.13 bits per heavy atom. The largest absolute Gasteiger partial charge is 0.392 e. The molecule has 1 aromatic carbocycles. The van der Waals surface area contributed by atoms with E-state index in [0.717, 1.165) is 51.1 Å². The molecule has 1 aliphatic rings. The highest BCUT2D eigenvalue weighted by Gasteiger charge is 2.16. The highest BCUT2D eigenvalue weighted by Crippen LogP contribution is 2.25. The van der Waals surface area contributed by atoms with E-state index in [1.807, 2.05) is 13.0 Å². The fourth-order valence-electron chi connectivity index (χ4n) is 3.30. The quantitative estimate of drug-likeness (QED) is 0.289. The molecule has 30 heavy (non-hydrogen) atoms. The maximum Gasteiger partial charge on any atom is 0.254 e. The molecule has 2 aromatic rings. The van der Waals surface area contributed by atoms with Crippen molar-refractivity contribution in [1.82, 2.24) is 14.9 Å². The zero-order chi connectivity index (χ0) is 21.5. The van der Waals surface area contributed by atoms with Gasteiger partial charge < -0.3 is 26.4 Å². The molecule has 0 unspecified atom stereocenters. The second-order valence-electron chi connectivity index (χ2n) is 7.32. The van der Waals surface area contributed by atoms with Gasteiger partial charge in [-0.25, -0.2) is 4.98 Å². The molecule has 0 aliphatic carbocycles. The lowest BCUT2D eigenvalue weighted by molar-refractivity contribution is 0.0706. The first-order valence-electron chi connectivity index (χ1n) is 9.95. The van der Waals surface area contributed by atoms with Gasteiger partial charge >= 0.3 is 0 Å². The molecule has 0 saturated carbocycles. The smallest absolute Gasteiger partial charge is 0.254 e. The van der Waals surface area contributed by atoms with Gasteiger partial charge in [0.25, 0.3) is 5.95 Å². The maximum absolute atomic E-state index is 9.75. The number of benzene rings is 1. The number of aromatic nitrogens is 2. The Hall–Kier alpha value is -2.13. The summed E-state index contributed by atoms with van der Waals surface area (Å²) in [6, 6.07) is 6.96. The summed E-state index contributed by atoms with van der Waals surface area (Å²) < 4.78 is 0. The van der Waals surface area contributed by atoms with Gasteiger partial charge in [0.05, 0.1) is 16.1 Å². The predicted molar refractivity (Wildman–Crippen MR) is 123 cm³/mol. The molecule has 0 amide bonds. The van der Waals surface area contributed by atoms with Crippen LogP contribution in [0, 0.1) is 6.92 Å². The number of guanidine groups is 1. The molecule has 1 atom stereocenters. The molecule has 0 bridgehead atoms. The number of nitrogens with zero attached hydrogens (tertiary/aromatic N) is 4. The van der Waals surface area contributed by atoms with Crippen molar-refractivity contribution in [1.29, 1.82) is 0 Å². The molecule has 1 fully saturated rings. The molecular weight excluding hydrogens is 425 g/mol. The first-order chi connectivity index (χ1) is 14.4. The third-order valence-electron chi connectivity index (χ3n) is 4.69. The van der Waals surface area contributed by atoms with E-state index in [1.165, 1.54) is 0 Å². The van der Waals surface area contributed by atoms with Crippen molar-refractivity contribution in [3.05, 3.63) is 40.0 Å². The monoisotopic (exact) mass is 451 g/mol. The number of β-amino-alcohol motifs (C(OH)–C–C–N with tert-alkyl or cyclic N) is 1. The molecule has 5 N–H and O–H groups in total. The zero-order valence-electron chi connectivity index (χ0n) is 16.9. The van der Waals surface area contributed by atoms with Crippen molar-refractivity contribution >= 4 is 46.6 Å². The van der Waals surface area contributed by atoms with Crippen molar-refractivity contribution in [3.63, 3.8) is 0 Å². The first-order valence-corrected chi connectivity index (χ1v) is 10.7. The van der Waals surface area contributed by atoms with E-state index >= 15 is 0 Å². The van der Waals surface area contributed by atoms with Crippen molar-refractivity contribution in [3.8, 4) is 0 Å². The fourth-order valence-corrected chi connectivity index (χ4v) is 3.60. The second-order valence-corrected chi connectivity index (χ2v) is 8.14. The Morgan fingerprint density at radius 1 is 1.30 bits per heavy atom. The lowest BCUT2D eigenvalue weighted by Gasteiger charge is -2.29. The summed E-state index contributed by atoms with van der Waals surface area (Å²) in [5, 5.41) is 16.9. The van der Waals surface area contributed by atoms with Crippen LogP contribution in [-0.4, -0.2) is 58.2 Å². The number of aryl methyl sites for hydroxylation is 1. The van der Waals surface area contributed by atoms with Crippen LogP contribution in [0.15, 0.2) is 29.3 Å². The zero-order valence-corrected chi connectivity index (χ0v) is 18.4. The van der Waals surface area contributed by atoms with Crippen molar-refractivity contribution in [2.75, 3.05) is 36.8 Å². The Labute approximate surface area is 186 Å². The normalized spacial score (nSPS) is 17.7. The topological polar surface area (TPSA) is 112 Å². The predicted octanol–water partition coefficient (Wildman–Crippen LogP) is 3.41. The maximum atomic E-state index is 9.75.